The number of hydrogen-bond donors (Lipinski definition) is 2. The summed E-state index contributed by atoms with van der Waals surface area (Å²) in [6.07, 6.45) is -4.33. The molecule has 1 saturated heterocycles. The molecule has 3 aromatic rings. The van der Waals surface area contributed by atoms with Crippen molar-refractivity contribution in [3.05, 3.63) is 60.5 Å². The SMILES string of the molecule is C[C@@H](c1ccc(-c2cccc(-c3nnco3)c2)cc1)[C@H](N)C(=O)N1CC[C@H](F)C1.O=C(O)C(F)(F)F. The van der Waals surface area contributed by atoms with Gasteiger partial charge in [-0.25, -0.2) is 9.18 Å². The highest BCUT2D eigenvalue weighted by molar-refractivity contribution is 5.83. The molecular weight excluding hydrogens is 484 g/mol. The van der Waals surface area contributed by atoms with Crippen molar-refractivity contribution in [2.45, 2.75) is 37.7 Å². The van der Waals surface area contributed by atoms with Crippen molar-refractivity contribution in [1.82, 2.24) is 15.1 Å². The molecule has 2 aromatic carbocycles. The number of aliphatic carboxylic acids is 1. The Hall–Kier alpha value is -3.80. The molecule has 36 heavy (non-hydrogen) atoms. The van der Waals surface area contributed by atoms with Crippen molar-refractivity contribution in [1.29, 1.82) is 0 Å². The van der Waals surface area contributed by atoms with Crippen molar-refractivity contribution in [3.63, 3.8) is 0 Å². The molecule has 3 atom stereocenters. The third-order valence-electron chi connectivity index (χ3n) is 5.75. The van der Waals surface area contributed by atoms with Crippen molar-refractivity contribution in [3.8, 4) is 22.6 Å². The molecule has 0 aliphatic carbocycles. The zero-order chi connectivity index (χ0) is 26.5. The molecule has 0 radical (unpaired) electrons. The number of amides is 1. The minimum atomic E-state index is -5.08. The molecule has 1 aliphatic rings. The van der Waals surface area contributed by atoms with Crippen LogP contribution in [0.4, 0.5) is 17.6 Å². The van der Waals surface area contributed by atoms with E-state index in [9.17, 15) is 22.4 Å². The first-order valence-corrected chi connectivity index (χ1v) is 10.9. The largest absolute Gasteiger partial charge is 0.490 e. The van der Waals surface area contributed by atoms with Gasteiger partial charge in [0.25, 0.3) is 0 Å². The average Bonchev–Trinajstić information content (AvgIpc) is 3.55. The Bertz CT molecular complexity index is 1170. The number of likely N-dealkylation sites (tertiary alicyclic amines) is 1. The van der Waals surface area contributed by atoms with Crippen molar-refractivity contribution in [2.75, 3.05) is 13.1 Å². The zero-order valence-corrected chi connectivity index (χ0v) is 19.2. The Labute approximate surface area is 203 Å². The van der Waals surface area contributed by atoms with Gasteiger partial charge in [0.1, 0.15) is 6.17 Å². The maximum Gasteiger partial charge on any atom is 0.490 e. The van der Waals surface area contributed by atoms with Gasteiger partial charge >= 0.3 is 12.1 Å². The molecule has 8 nitrogen and oxygen atoms in total. The van der Waals surface area contributed by atoms with Gasteiger partial charge in [0.15, 0.2) is 0 Å². The van der Waals surface area contributed by atoms with Crippen LogP contribution in [-0.2, 0) is 9.59 Å². The molecular formula is C24H24F4N4O4. The Balaban J connectivity index is 0.000000454. The topological polar surface area (TPSA) is 123 Å². The standard InChI is InChI=1S/C22H23FN4O2.C2HF3O2/c1-14(20(24)22(28)27-10-9-19(23)12-27)15-5-7-16(8-6-15)17-3-2-4-18(11-17)21-26-25-13-29-21;3-2(4,5)1(6)7/h2-8,11,13-14,19-20H,9-10,12,24H2,1H3;(H,6,7)/t14-,19-,20-;/m0./s1. The highest BCUT2D eigenvalue weighted by Crippen LogP contribution is 2.28. The number of carbonyl (C=O) groups is 2. The number of nitrogens with two attached hydrogens (primary N) is 1. The second kappa shape index (κ2) is 11.3. The lowest BCUT2D eigenvalue weighted by atomic mass is 9.91. The molecule has 0 spiro atoms. The van der Waals surface area contributed by atoms with Gasteiger partial charge in [-0.1, -0.05) is 43.3 Å². The lowest BCUT2D eigenvalue weighted by Gasteiger charge is -2.25. The van der Waals surface area contributed by atoms with Crippen LogP contribution in [0.3, 0.4) is 0 Å². The monoisotopic (exact) mass is 508 g/mol. The van der Waals surface area contributed by atoms with Crippen molar-refractivity contribution >= 4 is 11.9 Å². The van der Waals surface area contributed by atoms with Gasteiger partial charge < -0.3 is 20.2 Å². The summed E-state index contributed by atoms with van der Waals surface area (Å²) in [5.41, 5.74) is 10.1. The second-order valence-electron chi connectivity index (χ2n) is 8.23. The maximum absolute atomic E-state index is 13.4. The predicted molar refractivity (Wildman–Crippen MR) is 121 cm³/mol. The lowest BCUT2D eigenvalue weighted by molar-refractivity contribution is -0.192. The average molecular weight is 508 g/mol. The summed E-state index contributed by atoms with van der Waals surface area (Å²) in [7, 11) is 0. The second-order valence-corrected chi connectivity index (χ2v) is 8.23. The first-order valence-electron chi connectivity index (χ1n) is 10.9. The Morgan fingerprint density at radius 3 is 2.31 bits per heavy atom. The minimum Gasteiger partial charge on any atom is -0.475 e. The van der Waals surface area contributed by atoms with E-state index in [-0.39, 0.29) is 18.4 Å². The number of nitrogens with zero attached hydrogens (tertiary/aromatic N) is 3. The molecule has 4 rings (SSSR count). The molecule has 3 N–H and O–H groups in total. The Morgan fingerprint density at radius 1 is 1.14 bits per heavy atom. The molecule has 1 fully saturated rings. The van der Waals surface area contributed by atoms with E-state index in [4.69, 9.17) is 20.1 Å². The van der Waals surface area contributed by atoms with Gasteiger partial charge in [0.2, 0.25) is 18.2 Å². The zero-order valence-electron chi connectivity index (χ0n) is 19.2. The van der Waals surface area contributed by atoms with Crippen LogP contribution in [-0.4, -0.2) is 63.6 Å². The summed E-state index contributed by atoms with van der Waals surface area (Å²) in [5.74, 6) is -2.64. The van der Waals surface area contributed by atoms with Crippen LogP contribution in [0.1, 0.15) is 24.8 Å². The number of rotatable bonds is 5. The van der Waals surface area contributed by atoms with Crippen LogP contribution in [0.2, 0.25) is 0 Å². The quantitative estimate of drug-likeness (QED) is 0.499. The van der Waals surface area contributed by atoms with Gasteiger partial charge in [-0.05, 0) is 35.2 Å². The number of carboxylic acid groups (broad SMARTS) is 1. The molecule has 192 valence electrons. The third-order valence-corrected chi connectivity index (χ3v) is 5.75. The summed E-state index contributed by atoms with van der Waals surface area (Å²) in [5, 5.41) is 14.8. The number of carbonyl (C=O) groups excluding carboxylic acids is 1. The van der Waals surface area contributed by atoms with Crippen LogP contribution in [0.5, 0.6) is 0 Å². The summed E-state index contributed by atoms with van der Waals surface area (Å²) in [4.78, 5) is 23.0. The normalized spacial score (nSPS) is 17.2. The lowest BCUT2D eigenvalue weighted by Crippen LogP contribution is -2.45. The predicted octanol–water partition coefficient (Wildman–Crippen LogP) is 4.04. The molecule has 2 heterocycles. The fraction of sp³-hybridized carbons (Fsp3) is 0.333. The number of benzene rings is 2. The van der Waals surface area contributed by atoms with E-state index < -0.39 is 24.4 Å². The maximum atomic E-state index is 13.4. The van der Waals surface area contributed by atoms with E-state index >= 15 is 0 Å². The van der Waals surface area contributed by atoms with E-state index in [0.717, 1.165) is 22.3 Å². The van der Waals surface area contributed by atoms with Gasteiger partial charge in [0, 0.05) is 18.0 Å². The van der Waals surface area contributed by atoms with E-state index in [2.05, 4.69) is 10.2 Å². The van der Waals surface area contributed by atoms with Gasteiger partial charge in [0.05, 0.1) is 12.6 Å². The highest BCUT2D eigenvalue weighted by Gasteiger charge is 2.38. The summed E-state index contributed by atoms with van der Waals surface area (Å²) >= 11 is 0. The molecule has 1 aromatic heterocycles. The number of alkyl halides is 4. The van der Waals surface area contributed by atoms with Crippen LogP contribution >= 0.6 is 0 Å². The Kier molecular flexibility index (Phi) is 8.41. The van der Waals surface area contributed by atoms with Crippen molar-refractivity contribution < 1.29 is 36.7 Å². The number of halogens is 4. The van der Waals surface area contributed by atoms with Crippen LogP contribution in [0, 0.1) is 0 Å². The summed E-state index contributed by atoms with van der Waals surface area (Å²) < 4.78 is 50.4. The van der Waals surface area contributed by atoms with E-state index in [0.29, 0.717) is 18.9 Å². The summed E-state index contributed by atoms with van der Waals surface area (Å²) in [6, 6.07) is 15.1. The molecule has 0 unspecified atom stereocenters. The fourth-order valence-corrected chi connectivity index (χ4v) is 3.66. The van der Waals surface area contributed by atoms with E-state index in [1.54, 1.807) is 0 Å². The van der Waals surface area contributed by atoms with E-state index in [1.165, 1.54) is 11.3 Å². The fourth-order valence-electron chi connectivity index (χ4n) is 3.66. The smallest absolute Gasteiger partial charge is 0.475 e. The van der Waals surface area contributed by atoms with Crippen LogP contribution < -0.4 is 5.73 Å². The number of carboxylic acids is 1. The van der Waals surface area contributed by atoms with Gasteiger partial charge in [-0.3, -0.25) is 4.79 Å². The molecule has 0 saturated carbocycles. The molecule has 1 aliphatic heterocycles. The first-order chi connectivity index (χ1) is 17.0. The Morgan fingerprint density at radius 2 is 1.78 bits per heavy atom. The van der Waals surface area contributed by atoms with Crippen LogP contribution in [0.25, 0.3) is 22.6 Å². The third kappa shape index (κ3) is 6.66. The molecule has 0 bridgehead atoms. The first kappa shape index (κ1) is 26.8. The highest BCUT2D eigenvalue weighted by atomic mass is 19.4. The van der Waals surface area contributed by atoms with Gasteiger partial charge in [-0.15, -0.1) is 10.2 Å². The van der Waals surface area contributed by atoms with Gasteiger partial charge in [-0.2, -0.15) is 13.2 Å². The molecule has 1 amide bonds. The summed E-state index contributed by atoms with van der Waals surface area (Å²) in [6.45, 7) is 2.51. The number of hydrogen-bond acceptors (Lipinski definition) is 6. The molecule has 12 heteroatoms. The number of aromatic nitrogens is 2. The van der Waals surface area contributed by atoms with Crippen LogP contribution in [0.15, 0.2) is 59.3 Å². The minimum absolute atomic E-state index is 0.147. The van der Waals surface area contributed by atoms with E-state index in [1.807, 2.05) is 55.5 Å². The van der Waals surface area contributed by atoms with Crippen molar-refractivity contribution in [2.24, 2.45) is 5.73 Å².